The van der Waals surface area contributed by atoms with Crippen LogP contribution in [0.5, 0.6) is 11.5 Å². The molecule has 0 aliphatic carbocycles. The Bertz CT molecular complexity index is 2070. The first-order chi connectivity index (χ1) is 24.3. The number of fused-ring (bicyclic) bond motifs is 2. The molecule has 1 atom stereocenters. The van der Waals surface area contributed by atoms with Crippen molar-refractivity contribution in [3.05, 3.63) is 58.6 Å². The number of aromatic nitrogens is 5. The number of nitrogens with two attached hydrogens (primary N) is 1. The molecule has 0 saturated carbocycles. The monoisotopic (exact) mass is 743 g/mol. The maximum Gasteiger partial charge on any atom is 0.323 e. The number of nitrogens with one attached hydrogen (secondary N) is 3. The van der Waals surface area contributed by atoms with Crippen LogP contribution in [0.4, 0.5) is 27.9 Å². The molecule has 3 aromatic carbocycles. The Kier molecular flexibility index (Phi) is 10.4. The molecule has 2 aliphatic rings. The molecule has 0 spiro atoms. The van der Waals surface area contributed by atoms with Gasteiger partial charge in [0, 0.05) is 48.7 Å². The molecule has 2 fully saturated rings. The van der Waals surface area contributed by atoms with Gasteiger partial charge in [0.1, 0.15) is 29.0 Å². The van der Waals surface area contributed by atoms with E-state index in [1.165, 1.54) is 0 Å². The number of ether oxygens (including phenoxy) is 3. The summed E-state index contributed by atoms with van der Waals surface area (Å²) in [6, 6.07) is 15.7. The topological polar surface area (TPSA) is 210 Å². The van der Waals surface area contributed by atoms with Crippen molar-refractivity contribution in [2.75, 3.05) is 68.3 Å². The molecule has 4 heterocycles. The van der Waals surface area contributed by atoms with Gasteiger partial charge < -0.3 is 40.4 Å². The zero-order chi connectivity index (χ0) is 35.2. The fourth-order valence-corrected chi connectivity index (χ4v) is 6.06. The van der Waals surface area contributed by atoms with Gasteiger partial charge in [0.05, 0.1) is 36.7 Å². The van der Waals surface area contributed by atoms with Crippen molar-refractivity contribution in [1.29, 1.82) is 5.26 Å². The number of aromatic amines is 1. The Hall–Kier alpha value is -5.73. The molecule has 5 aromatic rings. The van der Waals surface area contributed by atoms with Crippen molar-refractivity contribution < 1.29 is 23.8 Å². The average molecular weight is 745 g/mol. The van der Waals surface area contributed by atoms with Gasteiger partial charge in [0.25, 0.3) is 5.91 Å². The number of hydrogen-bond donors (Lipinski definition) is 4. The summed E-state index contributed by atoms with van der Waals surface area (Å²) in [6.07, 6.45) is 1.49. The number of nitriles is 1. The zero-order valence-corrected chi connectivity index (χ0v) is 28.9. The largest absolute Gasteiger partial charge is 0.493 e. The predicted octanol–water partition coefficient (Wildman–Crippen LogP) is 4.29. The molecule has 17 heteroatoms. The van der Waals surface area contributed by atoms with Gasteiger partial charge in [-0.15, -0.1) is 0 Å². The molecular formula is C33H34BrN11O5. The van der Waals surface area contributed by atoms with Crippen molar-refractivity contribution in [2.24, 2.45) is 0 Å². The number of benzene rings is 3. The summed E-state index contributed by atoms with van der Waals surface area (Å²) in [7, 11) is 3.16. The number of methoxy groups -OCH3 is 2. The van der Waals surface area contributed by atoms with Crippen LogP contribution in [-0.4, -0.2) is 95.3 Å². The second-order valence-corrected chi connectivity index (χ2v) is 12.2. The smallest absolute Gasteiger partial charge is 0.323 e. The highest BCUT2D eigenvalue weighted by Crippen LogP contribution is 2.34. The molecule has 5 N–H and O–H groups in total. The number of rotatable bonds is 6. The third-order valence-electron chi connectivity index (χ3n) is 8.26. The number of H-pyrrole nitrogens is 1. The maximum absolute atomic E-state index is 12.5. The van der Waals surface area contributed by atoms with Crippen LogP contribution in [-0.2, 0) is 9.53 Å². The molecule has 16 nitrogen and oxygen atoms in total. The second kappa shape index (κ2) is 15.2. The van der Waals surface area contributed by atoms with Crippen LogP contribution >= 0.6 is 15.9 Å². The van der Waals surface area contributed by atoms with E-state index in [0.29, 0.717) is 94.9 Å². The van der Waals surface area contributed by atoms with Crippen LogP contribution in [0.25, 0.3) is 21.9 Å². The molecule has 0 radical (unpaired) electrons. The summed E-state index contributed by atoms with van der Waals surface area (Å²) in [5.41, 5.74) is 9.22. The standard InChI is InChI=1S/C19H25N5O4.C14H9BrN6O/c1-26-15-10-12-13(11-16(15)27-2)21-19(22-17(12)20)24-7-5-23(6-8-24)18(25)14-4-3-9-28-14;15-9-3-1-2-4-10(9)17-14(22)18-11-6-5-8(7-16)12-13(11)20-21-19-12/h10-11,14H,3-9H2,1-2H3,(H2,20,21,22);1-6H,(H2,17,18,22)(H,19,20,21). The van der Waals surface area contributed by atoms with Gasteiger partial charge in [-0.3, -0.25) is 4.79 Å². The summed E-state index contributed by atoms with van der Waals surface area (Å²) in [5.74, 6) is 2.21. The third-order valence-corrected chi connectivity index (χ3v) is 8.96. The van der Waals surface area contributed by atoms with E-state index in [2.05, 4.69) is 51.9 Å². The molecule has 2 aliphatic heterocycles. The lowest BCUT2D eigenvalue weighted by atomic mass is 10.2. The minimum atomic E-state index is -0.416. The minimum absolute atomic E-state index is 0.0907. The SMILES string of the molecule is COc1cc2nc(N3CCN(C(=O)C4CCCO4)CC3)nc(N)c2cc1OC.N#Cc1ccc(NC(=O)Nc2ccccc2Br)c2n[nH]nc12. The number of nitrogens with zero attached hydrogens (tertiary/aromatic N) is 7. The summed E-state index contributed by atoms with van der Waals surface area (Å²) in [5, 5.41) is 25.5. The second-order valence-electron chi connectivity index (χ2n) is 11.3. The first-order valence-electron chi connectivity index (χ1n) is 15.7. The first-order valence-corrected chi connectivity index (χ1v) is 16.5. The van der Waals surface area contributed by atoms with Crippen LogP contribution in [0.2, 0.25) is 0 Å². The number of carbonyl (C=O) groups is 2. The molecule has 7 rings (SSSR count). The molecular weight excluding hydrogens is 710 g/mol. The number of nitrogen functional groups attached to an aromatic ring is 1. The fraction of sp³-hybridized carbons (Fsp3) is 0.303. The molecule has 258 valence electrons. The van der Waals surface area contributed by atoms with E-state index in [4.69, 9.17) is 25.2 Å². The number of amides is 3. The Morgan fingerprint density at radius 2 is 1.72 bits per heavy atom. The van der Waals surface area contributed by atoms with E-state index < -0.39 is 6.03 Å². The predicted molar refractivity (Wildman–Crippen MR) is 190 cm³/mol. The number of para-hydroxylation sites is 1. The number of piperazine rings is 1. The number of halogens is 1. The van der Waals surface area contributed by atoms with E-state index >= 15 is 0 Å². The summed E-state index contributed by atoms with van der Waals surface area (Å²) in [6.45, 7) is 3.21. The van der Waals surface area contributed by atoms with Crippen LogP contribution in [0.3, 0.4) is 0 Å². The minimum Gasteiger partial charge on any atom is -0.493 e. The Balaban J connectivity index is 0.000000178. The van der Waals surface area contributed by atoms with E-state index in [1.54, 1.807) is 44.6 Å². The van der Waals surface area contributed by atoms with E-state index in [1.807, 2.05) is 34.1 Å². The number of hydrogen-bond acceptors (Lipinski definition) is 12. The lowest BCUT2D eigenvalue weighted by Crippen LogP contribution is -2.51. The van der Waals surface area contributed by atoms with Gasteiger partial charge >= 0.3 is 6.03 Å². The zero-order valence-electron chi connectivity index (χ0n) is 27.3. The van der Waals surface area contributed by atoms with Gasteiger partial charge in [0.15, 0.2) is 11.5 Å². The van der Waals surface area contributed by atoms with Gasteiger partial charge in [-0.05, 0) is 59.1 Å². The highest BCUT2D eigenvalue weighted by Gasteiger charge is 2.31. The van der Waals surface area contributed by atoms with Crippen LogP contribution in [0.15, 0.2) is 53.0 Å². The molecule has 3 amide bonds. The van der Waals surface area contributed by atoms with Gasteiger partial charge in [0.2, 0.25) is 5.95 Å². The average Bonchev–Trinajstić information content (AvgIpc) is 3.86. The van der Waals surface area contributed by atoms with Crippen LogP contribution < -0.4 is 30.7 Å². The molecule has 2 saturated heterocycles. The summed E-state index contributed by atoms with van der Waals surface area (Å²) >= 11 is 3.36. The van der Waals surface area contributed by atoms with Crippen LogP contribution in [0, 0.1) is 11.3 Å². The Morgan fingerprint density at radius 3 is 2.42 bits per heavy atom. The van der Waals surface area contributed by atoms with Crippen molar-refractivity contribution in [2.45, 2.75) is 18.9 Å². The van der Waals surface area contributed by atoms with Crippen molar-refractivity contribution in [3.63, 3.8) is 0 Å². The third kappa shape index (κ3) is 7.31. The number of anilines is 4. The fourth-order valence-electron chi connectivity index (χ4n) is 5.67. The number of urea groups is 1. The molecule has 2 aromatic heterocycles. The van der Waals surface area contributed by atoms with E-state index in [9.17, 15) is 9.59 Å². The summed E-state index contributed by atoms with van der Waals surface area (Å²) in [4.78, 5) is 37.6. The highest BCUT2D eigenvalue weighted by molar-refractivity contribution is 9.10. The first kappa shape index (κ1) is 34.1. The Labute approximate surface area is 295 Å². The van der Waals surface area contributed by atoms with E-state index in [0.717, 1.165) is 17.3 Å². The molecule has 50 heavy (non-hydrogen) atoms. The molecule has 1 unspecified atom stereocenters. The maximum atomic E-state index is 12.5. The van der Waals surface area contributed by atoms with Crippen LogP contribution in [0.1, 0.15) is 18.4 Å². The molecule has 0 bridgehead atoms. The van der Waals surface area contributed by atoms with Crippen molar-refractivity contribution in [3.8, 4) is 17.6 Å². The van der Waals surface area contributed by atoms with Gasteiger partial charge in [-0.2, -0.15) is 25.7 Å². The van der Waals surface area contributed by atoms with Crippen molar-refractivity contribution >= 4 is 72.9 Å². The highest BCUT2D eigenvalue weighted by atomic mass is 79.9. The quantitative estimate of drug-likeness (QED) is 0.192. The Morgan fingerprint density at radius 1 is 1.00 bits per heavy atom. The van der Waals surface area contributed by atoms with Gasteiger partial charge in [-0.1, -0.05) is 12.1 Å². The van der Waals surface area contributed by atoms with E-state index in [-0.39, 0.29) is 12.0 Å². The van der Waals surface area contributed by atoms with Gasteiger partial charge in [-0.25, -0.2) is 9.78 Å². The lowest BCUT2D eigenvalue weighted by Gasteiger charge is -2.35. The number of carbonyl (C=O) groups excluding carboxylic acids is 2. The lowest BCUT2D eigenvalue weighted by molar-refractivity contribution is -0.141. The van der Waals surface area contributed by atoms with Crippen molar-refractivity contribution in [1.82, 2.24) is 30.3 Å². The normalized spacial score (nSPS) is 15.6. The summed E-state index contributed by atoms with van der Waals surface area (Å²) < 4.78 is 17.0.